The molecule has 0 radical (unpaired) electrons. The van der Waals surface area contributed by atoms with Gasteiger partial charge in [0.1, 0.15) is 16.5 Å². The van der Waals surface area contributed by atoms with E-state index in [0.29, 0.717) is 19.0 Å². The van der Waals surface area contributed by atoms with Crippen LogP contribution >= 0.6 is 0 Å². The second-order valence-corrected chi connectivity index (χ2v) is 9.30. The Morgan fingerprint density at radius 2 is 1.94 bits per heavy atom. The van der Waals surface area contributed by atoms with Crippen LogP contribution in [0.5, 0.6) is 0 Å². The Labute approximate surface area is 200 Å². The lowest BCUT2D eigenvalue weighted by Gasteiger charge is -2.28. The van der Waals surface area contributed by atoms with E-state index in [1.54, 1.807) is 12.3 Å². The summed E-state index contributed by atoms with van der Waals surface area (Å²) in [5, 5.41) is 15.4. The molecule has 4 rings (SSSR count). The fourth-order valence-corrected chi connectivity index (χ4v) is 4.07. The summed E-state index contributed by atoms with van der Waals surface area (Å²) in [5.41, 5.74) is 0.539. The molecular weight excluding hydrogens is 460 g/mol. The second-order valence-electron chi connectivity index (χ2n) is 7.32. The van der Waals surface area contributed by atoms with E-state index in [1.165, 1.54) is 24.4 Å². The van der Waals surface area contributed by atoms with Crippen molar-refractivity contribution in [2.24, 2.45) is 0 Å². The Balaban J connectivity index is 1.64. The first-order valence-electron chi connectivity index (χ1n) is 11.7. The van der Waals surface area contributed by atoms with Crippen molar-refractivity contribution in [2.45, 2.75) is 4.90 Å². The number of aromatic nitrogens is 4. The molecule has 3 N–H and O–H groups in total. The molecule has 0 bridgehead atoms. The Morgan fingerprint density at radius 1 is 1.12 bits per heavy atom. The van der Waals surface area contributed by atoms with Crippen LogP contribution in [0, 0.1) is 0 Å². The molecule has 1 amide bonds. The number of pyridine rings is 2. The molecule has 0 spiro atoms. The van der Waals surface area contributed by atoms with Gasteiger partial charge in [0.15, 0.2) is 21.3 Å². The highest BCUT2D eigenvalue weighted by Gasteiger charge is 2.19. The molecule has 0 aromatic carbocycles. The normalized spacial score (nSPS) is 15.6. The second kappa shape index (κ2) is 9.97. The van der Waals surface area contributed by atoms with Crippen LogP contribution in [0.15, 0.2) is 47.6 Å². The van der Waals surface area contributed by atoms with Gasteiger partial charge in [-0.3, -0.25) is 4.79 Å². The monoisotopic (exact) mass is 487 g/mol. The predicted octanol–water partition coefficient (Wildman–Crippen LogP) is 1.35. The summed E-state index contributed by atoms with van der Waals surface area (Å²) in [6.07, 6.45) is 4.08. The minimum absolute atomic E-state index is 0.0206. The van der Waals surface area contributed by atoms with Gasteiger partial charge in [0.25, 0.3) is 5.91 Å². The molecule has 1 aliphatic rings. The molecule has 3 aromatic rings. The average Bonchev–Trinajstić information content (AvgIpc) is 2.84. The highest BCUT2D eigenvalue weighted by Crippen LogP contribution is 2.26. The lowest BCUT2D eigenvalue weighted by atomic mass is 10.3. The van der Waals surface area contributed by atoms with Gasteiger partial charge in [-0.2, -0.15) is 0 Å². The lowest BCUT2D eigenvalue weighted by molar-refractivity contribution is 0.0958. The molecule has 1 fully saturated rings. The number of morpholine rings is 1. The molecule has 0 unspecified atom stereocenters. The van der Waals surface area contributed by atoms with Crippen LogP contribution in [-0.4, -0.2) is 74.0 Å². The van der Waals surface area contributed by atoms with Crippen LogP contribution in [-0.2, 0) is 14.6 Å². The van der Waals surface area contributed by atoms with Crippen molar-refractivity contribution in [1.82, 2.24) is 25.5 Å². The van der Waals surface area contributed by atoms with Crippen molar-refractivity contribution in [3.8, 4) is 0 Å². The highest BCUT2D eigenvalue weighted by molar-refractivity contribution is 7.90. The summed E-state index contributed by atoms with van der Waals surface area (Å²) >= 11 is 0. The summed E-state index contributed by atoms with van der Waals surface area (Å²) in [5.74, 6) is -0.505. The lowest BCUT2D eigenvalue weighted by Crippen LogP contribution is -2.36. The number of anilines is 5. The number of carbonyl (C=O) groups is 1. The molecule has 3 aromatic heterocycles. The molecule has 0 atom stereocenters. The molecule has 0 saturated carbocycles. The number of hydrogen-bond acceptors (Lipinski definition) is 11. The quantitative estimate of drug-likeness (QED) is 0.443. The largest absolute Gasteiger partial charge is 0.378 e. The first-order valence-corrected chi connectivity index (χ1v) is 12.1. The standard InChI is InChI=1S/C21H24N8O4S/c1-22-21(30)19-15(25-20-16(34(2,31)32)4-3-7-23-20)12-18(27-28-19)26-17-6-5-14(13-24-17)29-8-10-33-11-9-29/h3-7,12-13H,8-11H2,1-2H3,(H,22,30)(H2,23,24,25,26,27)/i1D3. The maximum Gasteiger partial charge on any atom is 0.273 e. The summed E-state index contributed by atoms with van der Waals surface area (Å²) in [7, 11) is -3.68. The molecular formula is C21H24N8O4S. The molecule has 34 heavy (non-hydrogen) atoms. The fourth-order valence-electron chi connectivity index (χ4n) is 3.29. The van der Waals surface area contributed by atoms with Crippen LogP contribution in [0.4, 0.5) is 28.8 Å². The van der Waals surface area contributed by atoms with Gasteiger partial charge in [-0.25, -0.2) is 18.4 Å². The molecule has 4 heterocycles. The molecule has 1 saturated heterocycles. The number of amides is 1. The van der Waals surface area contributed by atoms with Gasteiger partial charge < -0.3 is 25.6 Å². The smallest absolute Gasteiger partial charge is 0.273 e. The van der Waals surface area contributed by atoms with Gasteiger partial charge in [0.05, 0.1) is 30.8 Å². The van der Waals surface area contributed by atoms with Crippen LogP contribution in [0.3, 0.4) is 0 Å². The van der Waals surface area contributed by atoms with E-state index in [4.69, 9.17) is 8.85 Å². The number of ether oxygens (including phenoxy) is 1. The summed E-state index contributed by atoms with van der Waals surface area (Å²) in [4.78, 5) is 23.1. The average molecular weight is 488 g/mol. The predicted molar refractivity (Wildman–Crippen MR) is 127 cm³/mol. The van der Waals surface area contributed by atoms with E-state index in [-0.39, 0.29) is 27.9 Å². The van der Waals surface area contributed by atoms with Gasteiger partial charge in [0, 0.05) is 42.7 Å². The summed E-state index contributed by atoms with van der Waals surface area (Å²) in [6, 6.07) is 7.81. The number of nitrogens with zero attached hydrogens (tertiary/aromatic N) is 5. The zero-order valence-electron chi connectivity index (χ0n) is 21.1. The first-order chi connectivity index (χ1) is 17.5. The SMILES string of the molecule is [2H]C([2H])([2H])NC(=O)c1nnc(Nc2ccc(N3CCOCC3)cn2)cc1Nc1ncccc1S(C)(=O)=O. The number of carbonyl (C=O) groups excluding carboxylic acids is 1. The van der Waals surface area contributed by atoms with Gasteiger partial charge in [-0.05, 0) is 24.3 Å². The third-order valence-corrected chi connectivity index (χ3v) is 6.05. The van der Waals surface area contributed by atoms with Crippen molar-refractivity contribution >= 4 is 44.6 Å². The van der Waals surface area contributed by atoms with E-state index in [9.17, 15) is 13.2 Å². The van der Waals surface area contributed by atoms with Crippen LogP contribution in [0.25, 0.3) is 0 Å². The minimum Gasteiger partial charge on any atom is -0.378 e. The number of hydrogen-bond donors (Lipinski definition) is 3. The van der Waals surface area contributed by atoms with E-state index in [0.717, 1.165) is 25.0 Å². The fraction of sp³-hybridized carbons (Fsp3) is 0.286. The molecule has 1 aliphatic heterocycles. The first kappa shape index (κ1) is 19.6. The molecule has 13 heteroatoms. The third-order valence-electron chi connectivity index (χ3n) is 4.93. The van der Waals surface area contributed by atoms with E-state index in [2.05, 4.69) is 35.7 Å². The summed E-state index contributed by atoms with van der Waals surface area (Å²) in [6.45, 7) is 0.0340. The van der Waals surface area contributed by atoms with Crippen molar-refractivity contribution in [2.75, 3.05) is 55.1 Å². The van der Waals surface area contributed by atoms with E-state index >= 15 is 0 Å². The Bertz CT molecular complexity index is 1380. The van der Waals surface area contributed by atoms with Crippen LogP contribution < -0.4 is 20.9 Å². The Morgan fingerprint density at radius 3 is 2.65 bits per heavy atom. The zero-order chi connectivity index (χ0) is 26.6. The highest BCUT2D eigenvalue weighted by atomic mass is 32.2. The van der Waals surface area contributed by atoms with E-state index in [1.807, 2.05) is 11.4 Å². The molecule has 12 nitrogen and oxygen atoms in total. The number of sulfone groups is 1. The van der Waals surface area contributed by atoms with Gasteiger partial charge in [-0.1, -0.05) is 0 Å². The third kappa shape index (κ3) is 5.38. The molecule has 178 valence electrons. The number of rotatable bonds is 7. The van der Waals surface area contributed by atoms with Crippen molar-refractivity contribution in [1.29, 1.82) is 0 Å². The van der Waals surface area contributed by atoms with Gasteiger partial charge in [-0.15, -0.1) is 10.2 Å². The maximum atomic E-state index is 12.6. The Kier molecular flexibility index (Phi) is 5.75. The molecule has 0 aliphatic carbocycles. The zero-order valence-corrected chi connectivity index (χ0v) is 19.0. The minimum atomic E-state index is -3.68. The topological polar surface area (TPSA) is 151 Å². The Hall–Kier alpha value is -3.84. The van der Waals surface area contributed by atoms with Crippen molar-refractivity contribution in [3.05, 3.63) is 48.4 Å². The van der Waals surface area contributed by atoms with Crippen LogP contribution in [0.1, 0.15) is 14.6 Å². The van der Waals surface area contributed by atoms with Crippen LogP contribution in [0.2, 0.25) is 0 Å². The van der Waals surface area contributed by atoms with E-state index < -0.39 is 22.7 Å². The number of nitrogens with one attached hydrogen (secondary N) is 3. The summed E-state index contributed by atoms with van der Waals surface area (Å²) < 4.78 is 51.7. The maximum absolute atomic E-state index is 12.6. The van der Waals surface area contributed by atoms with Gasteiger partial charge in [0.2, 0.25) is 0 Å². The van der Waals surface area contributed by atoms with Gasteiger partial charge >= 0.3 is 0 Å². The van der Waals surface area contributed by atoms with Crippen molar-refractivity contribution < 1.29 is 22.1 Å². The van der Waals surface area contributed by atoms with Crippen molar-refractivity contribution in [3.63, 3.8) is 0 Å².